The van der Waals surface area contributed by atoms with E-state index in [0.29, 0.717) is 16.2 Å². The van der Waals surface area contributed by atoms with Crippen LogP contribution in [0.2, 0.25) is 0 Å². The third-order valence-corrected chi connectivity index (χ3v) is 3.58. The van der Waals surface area contributed by atoms with Gasteiger partial charge < -0.3 is 5.11 Å². The Hall–Kier alpha value is -1.81. The molecule has 18 heavy (non-hydrogen) atoms. The van der Waals surface area contributed by atoms with Crippen molar-refractivity contribution in [3.05, 3.63) is 65.5 Å². The van der Waals surface area contributed by atoms with Gasteiger partial charge >= 0.3 is 5.97 Å². The Balaban J connectivity index is 2.16. The zero-order valence-electron chi connectivity index (χ0n) is 9.47. The summed E-state index contributed by atoms with van der Waals surface area (Å²) in [5.41, 5.74) is 0.821. The van der Waals surface area contributed by atoms with E-state index in [0.717, 1.165) is 0 Å². The summed E-state index contributed by atoms with van der Waals surface area (Å²) in [6, 6.07) is 13.2. The molecule has 92 valence electrons. The van der Waals surface area contributed by atoms with Crippen LogP contribution in [0.4, 0.5) is 4.39 Å². The van der Waals surface area contributed by atoms with Crippen molar-refractivity contribution >= 4 is 17.7 Å². The molecule has 0 aromatic heterocycles. The molecule has 0 amide bonds. The Morgan fingerprint density at radius 2 is 1.78 bits per heavy atom. The lowest BCUT2D eigenvalue weighted by molar-refractivity contribution is 0.0693. The van der Waals surface area contributed by atoms with Gasteiger partial charge in [-0.25, -0.2) is 9.18 Å². The molecule has 0 fully saturated rings. The molecule has 0 heterocycles. The maximum atomic E-state index is 13.4. The first kappa shape index (κ1) is 12.6. The summed E-state index contributed by atoms with van der Waals surface area (Å²) in [4.78, 5) is 11.7. The summed E-state index contributed by atoms with van der Waals surface area (Å²) in [5, 5.41) is 9.03. The Morgan fingerprint density at radius 1 is 1.11 bits per heavy atom. The fraction of sp³-hybridized carbons (Fsp3) is 0.0714. The van der Waals surface area contributed by atoms with Crippen LogP contribution in [0, 0.1) is 5.82 Å². The quantitative estimate of drug-likeness (QED) is 0.851. The van der Waals surface area contributed by atoms with Crippen LogP contribution < -0.4 is 0 Å². The number of hydrogen-bond donors (Lipinski definition) is 1. The van der Waals surface area contributed by atoms with E-state index in [2.05, 4.69) is 0 Å². The van der Waals surface area contributed by atoms with Crippen molar-refractivity contribution in [1.29, 1.82) is 0 Å². The Bertz CT molecular complexity index is 569. The summed E-state index contributed by atoms with van der Waals surface area (Å²) in [6.45, 7) is 0. The lowest BCUT2D eigenvalue weighted by atomic mass is 10.2. The third kappa shape index (κ3) is 2.90. The van der Waals surface area contributed by atoms with Crippen molar-refractivity contribution in [2.24, 2.45) is 0 Å². The van der Waals surface area contributed by atoms with Gasteiger partial charge in [0.1, 0.15) is 5.82 Å². The Morgan fingerprint density at radius 3 is 2.50 bits per heavy atom. The number of carboxylic acids is 1. The van der Waals surface area contributed by atoms with Crippen LogP contribution in [0.15, 0.2) is 53.4 Å². The molecule has 2 nitrogen and oxygen atoms in total. The zero-order chi connectivity index (χ0) is 13.0. The maximum absolute atomic E-state index is 13.4. The topological polar surface area (TPSA) is 37.3 Å². The molecule has 2 rings (SSSR count). The number of thioether (sulfide) groups is 1. The molecule has 0 aliphatic carbocycles. The molecule has 1 N–H and O–H groups in total. The minimum atomic E-state index is -0.966. The van der Waals surface area contributed by atoms with Crippen LogP contribution in [0.1, 0.15) is 15.9 Å². The molecule has 0 saturated carbocycles. The third-order valence-electron chi connectivity index (χ3n) is 2.46. The highest BCUT2D eigenvalue weighted by molar-refractivity contribution is 7.98. The van der Waals surface area contributed by atoms with Crippen LogP contribution in [0.3, 0.4) is 0 Å². The fourth-order valence-electron chi connectivity index (χ4n) is 1.54. The largest absolute Gasteiger partial charge is 0.478 e. The molecule has 0 saturated heterocycles. The van der Waals surface area contributed by atoms with Gasteiger partial charge in [0.15, 0.2) is 0 Å². The first-order chi connectivity index (χ1) is 8.68. The van der Waals surface area contributed by atoms with E-state index in [1.807, 2.05) is 0 Å². The lowest BCUT2D eigenvalue weighted by Gasteiger charge is -2.06. The predicted molar refractivity (Wildman–Crippen MR) is 69.4 cm³/mol. The van der Waals surface area contributed by atoms with Gasteiger partial charge in [-0.05, 0) is 23.8 Å². The van der Waals surface area contributed by atoms with Gasteiger partial charge in [-0.3, -0.25) is 0 Å². The highest BCUT2D eigenvalue weighted by Gasteiger charge is 2.10. The Kier molecular flexibility index (Phi) is 3.99. The molecule has 2 aromatic rings. The predicted octanol–water partition coefficient (Wildman–Crippen LogP) is 3.82. The Labute approximate surface area is 108 Å². The van der Waals surface area contributed by atoms with E-state index in [4.69, 9.17) is 5.11 Å². The zero-order valence-corrected chi connectivity index (χ0v) is 10.3. The first-order valence-electron chi connectivity index (χ1n) is 5.37. The molecule has 0 radical (unpaired) electrons. The lowest BCUT2D eigenvalue weighted by Crippen LogP contribution is -1.98. The number of rotatable bonds is 4. The number of aromatic carboxylic acids is 1. The number of benzene rings is 2. The van der Waals surface area contributed by atoms with Crippen molar-refractivity contribution < 1.29 is 14.3 Å². The maximum Gasteiger partial charge on any atom is 0.336 e. The van der Waals surface area contributed by atoms with E-state index in [1.165, 1.54) is 17.8 Å². The van der Waals surface area contributed by atoms with Gasteiger partial charge in [-0.15, -0.1) is 11.8 Å². The summed E-state index contributed by atoms with van der Waals surface area (Å²) in [5.74, 6) is -0.818. The minimum Gasteiger partial charge on any atom is -0.478 e. The molecule has 0 spiro atoms. The van der Waals surface area contributed by atoms with Crippen molar-refractivity contribution in [3.8, 4) is 0 Å². The van der Waals surface area contributed by atoms with Gasteiger partial charge in [0, 0.05) is 10.6 Å². The van der Waals surface area contributed by atoms with Gasteiger partial charge in [0.05, 0.1) is 5.56 Å². The standard InChI is InChI=1S/C14H11FO2S/c15-12-7-3-1-5-10(12)9-18-13-8-4-2-6-11(13)14(16)17/h1-8H,9H2,(H,16,17). The van der Waals surface area contributed by atoms with Crippen molar-refractivity contribution in [2.75, 3.05) is 0 Å². The number of carboxylic acid groups (broad SMARTS) is 1. The average molecular weight is 262 g/mol. The van der Waals surface area contributed by atoms with Crippen molar-refractivity contribution in [1.82, 2.24) is 0 Å². The van der Waals surface area contributed by atoms with Crippen molar-refractivity contribution in [3.63, 3.8) is 0 Å². The van der Waals surface area contributed by atoms with Crippen LogP contribution in [-0.2, 0) is 5.75 Å². The van der Waals surface area contributed by atoms with Gasteiger partial charge in [-0.2, -0.15) is 0 Å². The number of hydrogen-bond acceptors (Lipinski definition) is 2. The van der Waals surface area contributed by atoms with Crippen LogP contribution >= 0.6 is 11.8 Å². The molecular formula is C14H11FO2S. The highest BCUT2D eigenvalue weighted by Crippen LogP contribution is 2.27. The summed E-state index contributed by atoms with van der Waals surface area (Å²) >= 11 is 1.32. The first-order valence-corrected chi connectivity index (χ1v) is 6.35. The van der Waals surface area contributed by atoms with Crippen LogP contribution in [0.25, 0.3) is 0 Å². The van der Waals surface area contributed by atoms with Crippen LogP contribution in [0.5, 0.6) is 0 Å². The fourth-order valence-corrected chi connectivity index (χ4v) is 2.57. The van der Waals surface area contributed by atoms with Crippen molar-refractivity contribution in [2.45, 2.75) is 10.6 Å². The van der Waals surface area contributed by atoms with E-state index in [-0.39, 0.29) is 11.4 Å². The summed E-state index contributed by atoms with van der Waals surface area (Å²) in [7, 11) is 0. The monoisotopic (exact) mass is 262 g/mol. The molecule has 0 aliphatic rings. The highest BCUT2D eigenvalue weighted by atomic mass is 32.2. The summed E-state index contributed by atoms with van der Waals surface area (Å²) < 4.78 is 13.4. The summed E-state index contributed by atoms with van der Waals surface area (Å²) in [6.07, 6.45) is 0. The molecule has 0 bridgehead atoms. The van der Waals surface area contributed by atoms with E-state index in [1.54, 1.807) is 42.5 Å². The van der Waals surface area contributed by atoms with Gasteiger partial charge in [0.2, 0.25) is 0 Å². The average Bonchev–Trinajstić information content (AvgIpc) is 2.38. The minimum absolute atomic E-state index is 0.249. The molecule has 0 atom stereocenters. The molecule has 4 heteroatoms. The second-order valence-corrected chi connectivity index (χ2v) is 4.70. The smallest absolute Gasteiger partial charge is 0.336 e. The second-order valence-electron chi connectivity index (χ2n) is 3.68. The molecule has 2 aromatic carbocycles. The van der Waals surface area contributed by atoms with E-state index >= 15 is 0 Å². The normalized spacial score (nSPS) is 10.3. The second kappa shape index (κ2) is 5.69. The molecular weight excluding hydrogens is 251 g/mol. The van der Waals surface area contributed by atoms with E-state index in [9.17, 15) is 9.18 Å². The molecule has 0 aliphatic heterocycles. The van der Waals surface area contributed by atoms with Crippen LogP contribution in [-0.4, -0.2) is 11.1 Å². The number of carbonyl (C=O) groups is 1. The van der Waals surface area contributed by atoms with Gasteiger partial charge in [0.25, 0.3) is 0 Å². The van der Waals surface area contributed by atoms with Gasteiger partial charge in [-0.1, -0.05) is 30.3 Å². The van der Waals surface area contributed by atoms with E-state index < -0.39 is 5.97 Å². The number of halogens is 1. The SMILES string of the molecule is O=C(O)c1ccccc1SCc1ccccc1F. The molecule has 0 unspecified atom stereocenters.